The van der Waals surface area contributed by atoms with Gasteiger partial charge in [-0.05, 0) is 45.7 Å². The van der Waals surface area contributed by atoms with Crippen molar-refractivity contribution < 1.29 is 4.74 Å². The molecule has 0 aromatic heterocycles. The van der Waals surface area contributed by atoms with Gasteiger partial charge >= 0.3 is 0 Å². The third-order valence-corrected chi connectivity index (χ3v) is 3.15. The Morgan fingerprint density at radius 1 is 1.31 bits per heavy atom. The fourth-order valence-corrected chi connectivity index (χ4v) is 2.37. The van der Waals surface area contributed by atoms with Gasteiger partial charge in [0.15, 0.2) is 0 Å². The van der Waals surface area contributed by atoms with Gasteiger partial charge in [0.25, 0.3) is 0 Å². The van der Waals surface area contributed by atoms with E-state index in [2.05, 4.69) is 24.1 Å². The maximum atomic E-state index is 5.39. The van der Waals surface area contributed by atoms with E-state index in [1.807, 2.05) is 0 Å². The molecule has 1 rings (SSSR count). The highest BCUT2D eigenvalue weighted by Gasteiger charge is 2.16. The molecular weight excluding hydrogens is 200 g/mol. The SMILES string of the molecule is CCCN(CCCOCC)CC1CCCN1. The lowest BCUT2D eigenvalue weighted by Gasteiger charge is -2.25. The van der Waals surface area contributed by atoms with Crippen molar-refractivity contribution in [3.05, 3.63) is 0 Å². The van der Waals surface area contributed by atoms with Crippen molar-refractivity contribution in [3.8, 4) is 0 Å². The van der Waals surface area contributed by atoms with Crippen LogP contribution in [0.1, 0.15) is 39.5 Å². The molecule has 0 aliphatic carbocycles. The largest absolute Gasteiger partial charge is 0.382 e. The van der Waals surface area contributed by atoms with E-state index < -0.39 is 0 Å². The van der Waals surface area contributed by atoms with Crippen molar-refractivity contribution in [2.75, 3.05) is 39.4 Å². The second-order valence-electron chi connectivity index (χ2n) is 4.64. The van der Waals surface area contributed by atoms with Gasteiger partial charge in [0.1, 0.15) is 0 Å². The molecule has 1 atom stereocenters. The van der Waals surface area contributed by atoms with Gasteiger partial charge in [0.05, 0.1) is 0 Å². The fraction of sp³-hybridized carbons (Fsp3) is 1.00. The second kappa shape index (κ2) is 8.97. The first kappa shape index (κ1) is 13.9. The summed E-state index contributed by atoms with van der Waals surface area (Å²) in [7, 11) is 0. The normalized spacial score (nSPS) is 20.8. The zero-order valence-electron chi connectivity index (χ0n) is 11.0. The van der Waals surface area contributed by atoms with Gasteiger partial charge in [-0.15, -0.1) is 0 Å². The van der Waals surface area contributed by atoms with E-state index in [1.165, 1.54) is 51.9 Å². The molecule has 0 bridgehead atoms. The Hall–Kier alpha value is -0.120. The fourth-order valence-electron chi connectivity index (χ4n) is 2.37. The highest BCUT2D eigenvalue weighted by Crippen LogP contribution is 2.07. The molecule has 3 nitrogen and oxygen atoms in total. The molecule has 1 aliphatic rings. The highest BCUT2D eigenvalue weighted by atomic mass is 16.5. The van der Waals surface area contributed by atoms with E-state index in [-0.39, 0.29) is 0 Å². The van der Waals surface area contributed by atoms with E-state index >= 15 is 0 Å². The Morgan fingerprint density at radius 2 is 2.19 bits per heavy atom. The average Bonchev–Trinajstić information content (AvgIpc) is 2.77. The monoisotopic (exact) mass is 228 g/mol. The van der Waals surface area contributed by atoms with E-state index in [1.54, 1.807) is 0 Å². The summed E-state index contributed by atoms with van der Waals surface area (Å²) < 4.78 is 5.39. The molecule has 1 saturated heterocycles. The van der Waals surface area contributed by atoms with Crippen LogP contribution in [0.5, 0.6) is 0 Å². The zero-order chi connectivity index (χ0) is 11.6. The lowest BCUT2D eigenvalue weighted by Crippen LogP contribution is -2.38. The topological polar surface area (TPSA) is 24.5 Å². The van der Waals surface area contributed by atoms with Crippen molar-refractivity contribution in [2.24, 2.45) is 0 Å². The molecule has 96 valence electrons. The molecular formula is C13H28N2O. The molecule has 1 heterocycles. The smallest absolute Gasteiger partial charge is 0.0478 e. The summed E-state index contributed by atoms with van der Waals surface area (Å²) in [6, 6.07) is 0.735. The maximum Gasteiger partial charge on any atom is 0.0478 e. The van der Waals surface area contributed by atoms with Gasteiger partial charge in [0, 0.05) is 32.3 Å². The second-order valence-corrected chi connectivity index (χ2v) is 4.64. The molecule has 0 spiro atoms. The van der Waals surface area contributed by atoms with Gasteiger partial charge < -0.3 is 15.0 Å². The third-order valence-electron chi connectivity index (χ3n) is 3.15. The lowest BCUT2D eigenvalue weighted by atomic mass is 10.2. The Bertz CT molecular complexity index is 158. The van der Waals surface area contributed by atoms with Crippen LogP contribution < -0.4 is 5.32 Å². The average molecular weight is 228 g/mol. The number of nitrogens with one attached hydrogen (secondary N) is 1. The standard InChI is InChI=1S/C13H28N2O/c1-3-9-15(10-6-11-16-4-2)12-13-7-5-8-14-13/h13-14H,3-12H2,1-2H3. The van der Waals surface area contributed by atoms with E-state index in [0.717, 1.165) is 19.3 Å². The third kappa shape index (κ3) is 5.83. The van der Waals surface area contributed by atoms with Gasteiger partial charge in [0.2, 0.25) is 0 Å². The summed E-state index contributed by atoms with van der Waals surface area (Å²) in [6.07, 6.45) is 5.12. The van der Waals surface area contributed by atoms with Crippen molar-refractivity contribution in [1.29, 1.82) is 0 Å². The summed E-state index contributed by atoms with van der Waals surface area (Å²) in [5.41, 5.74) is 0. The summed E-state index contributed by atoms with van der Waals surface area (Å²) >= 11 is 0. The zero-order valence-corrected chi connectivity index (χ0v) is 11.0. The Balaban J connectivity index is 2.12. The van der Waals surface area contributed by atoms with Crippen LogP contribution in [0, 0.1) is 0 Å². The van der Waals surface area contributed by atoms with Crippen LogP contribution in [0.15, 0.2) is 0 Å². The highest BCUT2D eigenvalue weighted by molar-refractivity contribution is 4.77. The Kier molecular flexibility index (Phi) is 7.81. The van der Waals surface area contributed by atoms with Crippen LogP contribution in [-0.4, -0.2) is 50.3 Å². The van der Waals surface area contributed by atoms with Gasteiger partial charge in [-0.3, -0.25) is 0 Å². The summed E-state index contributed by atoms with van der Waals surface area (Å²) in [5.74, 6) is 0. The predicted molar refractivity (Wildman–Crippen MR) is 68.9 cm³/mol. The van der Waals surface area contributed by atoms with Crippen molar-refractivity contribution >= 4 is 0 Å². The minimum absolute atomic E-state index is 0.735. The number of hydrogen-bond donors (Lipinski definition) is 1. The molecule has 0 aromatic carbocycles. The van der Waals surface area contributed by atoms with Gasteiger partial charge in [-0.1, -0.05) is 6.92 Å². The van der Waals surface area contributed by atoms with E-state index in [9.17, 15) is 0 Å². The molecule has 1 fully saturated rings. The molecule has 3 heteroatoms. The van der Waals surface area contributed by atoms with Crippen molar-refractivity contribution in [1.82, 2.24) is 10.2 Å². The minimum atomic E-state index is 0.735. The number of rotatable bonds is 9. The quantitative estimate of drug-likeness (QED) is 0.610. The van der Waals surface area contributed by atoms with Gasteiger partial charge in [-0.25, -0.2) is 0 Å². The van der Waals surface area contributed by atoms with Crippen molar-refractivity contribution in [2.45, 2.75) is 45.6 Å². The summed E-state index contributed by atoms with van der Waals surface area (Å²) in [5, 5.41) is 3.57. The summed E-state index contributed by atoms with van der Waals surface area (Å²) in [6.45, 7) is 10.9. The first-order valence-electron chi connectivity index (χ1n) is 6.90. The molecule has 0 amide bonds. The van der Waals surface area contributed by atoms with Gasteiger partial charge in [-0.2, -0.15) is 0 Å². The summed E-state index contributed by atoms with van der Waals surface area (Å²) in [4.78, 5) is 2.59. The van der Waals surface area contributed by atoms with E-state index in [0.29, 0.717) is 0 Å². The number of ether oxygens (including phenoxy) is 1. The lowest BCUT2D eigenvalue weighted by molar-refractivity contribution is 0.130. The minimum Gasteiger partial charge on any atom is -0.382 e. The van der Waals surface area contributed by atoms with Crippen LogP contribution in [-0.2, 0) is 4.74 Å². The molecule has 0 aromatic rings. The van der Waals surface area contributed by atoms with Crippen molar-refractivity contribution in [3.63, 3.8) is 0 Å². The van der Waals surface area contributed by atoms with Crippen LogP contribution in [0.4, 0.5) is 0 Å². The molecule has 1 aliphatic heterocycles. The molecule has 0 radical (unpaired) electrons. The maximum absolute atomic E-state index is 5.39. The number of hydrogen-bond acceptors (Lipinski definition) is 3. The molecule has 16 heavy (non-hydrogen) atoms. The molecule has 0 saturated carbocycles. The van der Waals surface area contributed by atoms with Crippen LogP contribution in [0.2, 0.25) is 0 Å². The molecule has 1 unspecified atom stereocenters. The predicted octanol–water partition coefficient (Wildman–Crippen LogP) is 1.88. The first-order valence-corrected chi connectivity index (χ1v) is 6.90. The first-order chi connectivity index (χ1) is 7.86. The Morgan fingerprint density at radius 3 is 2.81 bits per heavy atom. The van der Waals surface area contributed by atoms with Crippen LogP contribution >= 0.6 is 0 Å². The van der Waals surface area contributed by atoms with Crippen LogP contribution in [0.25, 0.3) is 0 Å². The molecule has 1 N–H and O–H groups in total. The Labute approximate surface area is 101 Å². The number of nitrogens with zero attached hydrogens (tertiary/aromatic N) is 1. The van der Waals surface area contributed by atoms with Crippen LogP contribution in [0.3, 0.4) is 0 Å². The van der Waals surface area contributed by atoms with E-state index in [4.69, 9.17) is 4.74 Å².